The number of hydrogen-bond acceptors (Lipinski definition) is 5. The number of rotatable bonds is 6. The van der Waals surface area contributed by atoms with Crippen LogP contribution in [0, 0.1) is 5.92 Å². The standard InChI is InChI=1S/C20H27N5O2/c26-20(17-2-1-7-21-12-17)22-8-3-18-14-24(13-16-5-10-27-11-6-16)15-19-4-9-23-25(18)19/h1-2,4,7,9,12,16,18H,3,5-6,8,10-11,13-15H2,(H,22,26). The first-order valence-electron chi connectivity index (χ1n) is 9.80. The van der Waals surface area contributed by atoms with E-state index in [0.717, 1.165) is 58.0 Å². The summed E-state index contributed by atoms with van der Waals surface area (Å²) >= 11 is 0. The van der Waals surface area contributed by atoms with Crippen LogP contribution in [0.25, 0.3) is 0 Å². The molecule has 0 bridgehead atoms. The maximum Gasteiger partial charge on any atom is 0.252 e. The average Bonchev–Trinajstić information content (AvgIpc) is 3.18. The Balaban J connectivity index is 1.33. The van der Waals surface area contributed by atoms with E-state index in [1.54, 1.807) is 24.5 Å². The van der Waals surface area contributed by atoms with Gasteiger partial charge >= 0.3 is 0 Å². The van der Waals surface area contributed by atoms with Crippen molar-refractivity contribution in [3.05, 3.63) is 48.0 Å². The third-order valence-corrected chi connectivity index (χ3v) is 5.50. The van der Waals surface area contributed by atoms with Gasteiger partial charge in [-0.2, -0.15) is 5.10 Å². The van der Waals surface area contributed by atoms with Crippen molar-refractivity contribution in [3.8, 4) is 0 Å². The Morgan fingerprint density at radius 1 is 1.26 bits per heavy atom. The Hall–Kier alpha value is -2.25. The predicted molar refractivity (Wildman–Crippen MR) is 101 cm³/mol. The zero-order valence-electron chi connectivity index (χ0n) is 15.6. The number of nitrogens with one attached hydrogen (secondary N) is 1. The summed E-state index contributed by atoms with van der Waals surface area (Å²) in [6.07, 6.45) is 8.32. The summed E-state index contributed by atoms with van der Waals surface area (Å²) in [5, 5.41) is 7.53. The molecule has 2 aliphatic rings. The molecular weight excluding hydrogens is 342 g/mol. The van der Waals surface area contributed by atoms with E-state index in [9.17, 15) is 4.79 Å². The zero-order chi connectivity index (χ0) is 18.5. The molecule has 1 saturated heterocycles. The molecule has 0 radical (unpaired) electrons. The van der Waals surface area contributed by atoms with E-state index < -0.39 is 0 Å². The molecule has 2 aromatic heterocycles. The van der Waals surface area contributed by atoms with Gasteiger partial charge in [0.1, 0.15) is 0 Å². The molecule has 27 heavy (non-hydrogen) atoms. The molecule has 1 atom stereocenters. The number of amides is 1. The van der Waals surface area contributed by atoms with E-state index >= 15 is 0 Å². The molecule has 1 unspecified atom stereocenters. The van der Waals surface area contributed by atoms with Crippen LogP contribution in [0.3, 0.4) is 0 Å². The molecule has 2 aromatic rings. The fourth-order valence-electron chi connectivity index (χ4n) is 4.06. The fourth-order valence-corrected chi connectivity index (χ4v) is 4.06. The fraction of sp³-hybridized carbons (Fsp3) is 0.550. The van der Waals surface area contributed by atoms with E-state index in [1.807, 2.05) is 6.20 Å². The maximum absolute atomic E-state index is 12.2. The van der Waals surface area contributed by atoms with Crippen LogP contribution < -0.4 is 5.32 Å². The molecular formula is C20H27N5O2. The topological polar surface area (TPSA) is 72.3 Å². The van der Waals surface area contributed by atoms with Gasteiger partial charge in [0.25, 0.3) is 5.91 Å². The lowest BCUT2D eigenvalue weighted by molar-refractivity contribution is 0.0443. The lowest BCUT2D eigenvalue weighted by Gasteiger charge is -2.36. The summed E-state index contributed by atoms with van der Waals surface area (Å²) in [7, 11) is 0. The van der Waals surface area contributed by atoms with Crippen molar-refractivity contribution in [2.24, 2.45) is 5.92 Å². The first kappa shape index (κ1) is 18.1. The van der Waals surface area contributed by atoms with Gasteiger partial charge in [-0.3, -0.25) is 19.4 Å². The van der Waals surface area contributed by atoms with Crippen LogP contribution in [0.2, 0.25) is 0 Å². The third-order valence-electron chi connectivity index (χ3n) is 5.50. The Morgan fingerprint density at radius 3 is 2.96 bits per heavy atom. The molecule has 7 nitrogen and oxygen atoms in total. The average molecular weight is 369 g/mol. The lowest BCUT2D eigenvalue weighted by atomic mass is 9.98. The van der Waals surface area contributed by atoms with Gasteiger partial charge in [0, 0.05) is 58.0 Å². The molecule has 0 spiro atoms. The van der Waals surface area contributed by atoms with Crippen molar-refractivity contribution in [2.45, 2.75) is 31.8 Å². The van der Waals surface area contributed by atoms with Crippen LogP contribution >= 0.6 is 0 Å². The minimum Gasteiger partial charge on any atom is -0.381 e. The summed E-state index contributed by atoms with van der Waals surface area (Å²) < 4.78 is 7.62. The molecule has 7 heteroatoms. The quantitative estimate of drug-likeness (QED) is 0.842. The second kappa shape index (κ2) is 8.63. The molecule has 1 fully saturated rings. The highest BCUT2D eigenvalue weighted by atomic mass is 16.5. The minimum absolute atomic E-state index is 0.0707. The van der Waals surface area contributed by atoms with Crippen molar-refractivity contribution in [3.63, 3.8) is 0 Å². The first-order valence-corrected chi connectivity index (χ1v) is 9.80. The Kier molecular flexibility index (Phi) is 5.79. The number of carbonyl (C=O) groups is 1. The first-order chi connectivity index (χ1) is 13.3. The largest absolute Gasteiger partial charge is 0.381 e. The van der Waals surface area contributed by atoms with Crippen LogP contribution in [0.5, 0.6) is 0 Å². The van der Waals surface area contributed by atoms with Crippen LogP contribution in [-0.2, 0) is 11.3 Å². The van der Waals surface area contributed by atoms with E-state index in [2.05, 4.69) is 31.0 Å². The second-order valence-corrected chi connectivity index (χ2v) is 7.46. The van der Waals surface area contributed by atoms with E-state index in [1.165, 1.54) is 5.69 Å². The van der Waals surface area contributed by atoms with Crippen LogP contribution in [-0.4, -0.2) is 58.4 Å². The number of ether oxygens (including phenoxy) is 1. The van der Waals surface area contributed by atoms with E-state index in [4.69, 9.17) is 4.74 Å². The molecule has 1 amide bonds. The highest BCUT2D eigenvalue weighted by molar-refractivity contribution is 5.93. The predicted octanol–water partition coefficient (Wildman–Crippen LogP) is 1.88. The highest BCUT2D eigenvalue weighted by Crippen LogP contribution is 2.25. The molecule has 2 aliphatic heterocycles. The molecule has 0 saturated carbocycles. The summed E-state index contributed by atoms with van der Waals surface area (Å²) in [6, 6.07) is 5.96. The summed E-state index contributed by atoms with van der Waals surface area (Å²) in [5.74, 6) is 0.651. The number of pyridine rings is 1. The summed E-state index contributed by atoms with van der Waals surface area (Å²) in [6.45, 7) is 5.46. The summed E-state index contributed by atoms with van der Waals surface area (Å²) in [5.41, 5.74) is 1.86. The number of fused-ring (bicyclic) bond motifs is 1. The van der Waals surface area contributed by atoms with Crippen molar-refractivity contribution in [2.75, 3.05) is 32.8 Å². The Morgan fingerprint density at radius 2 is 2.15 bits per heavy atom. The lowest BCUT2D eigenvalue weighted by Crippen LogP contribution is -2.42. The van der Waals surface area contributed by atoms with Crippen molar-refractivity contribution >= 4 is 5.91 Å². The van der Waals surface area contributed by atoms with Crippen LogP contribution in [0.15, 0.2) is 36.8 Å². The van der Waals surface area contributed by atoms with Crippen LogP contribution in [0.4, 0.5) is 0 Å². The van der Waals surface area contributed by atoms with Crippen LogP contribution in [0.1, 0.15) is 41.4 Å². The van der Waals surface area contributed by atoms with Gasteiger partial charge in [-0.25, -0.2) is 0 Å². The van der Waals surface area contributed by atoms with Gasteiger partial charge < -0.3 is 10.1 Å². The van der Waals surface area contributed by atoms with Crippen molar-refractivity contribution in [1.29, 1.82) is 0 Å². The number of nitrogens with zero attached hydrogens (tertiary/aromatic N) is 4. The molecule has 1 N–H and O–H groups in total. The Bertz CT molecular complexity index is 742. The SMILES string of the molecule is O=C(NCCC1CN(CC2CCOCC2)Cc2ccnn21)c1cccnc1. The highest BCUT2D eigenvalue weighted by Gasteiger charge is 2.27. The van der Waals surface area contributed by atoms with E-state index in [0.29, 0.717) is 12.1 Å². The maximum atomic E-state index is 12.2. The monoisotopic (exact) mass is 369 g/mol. The van der Waals surface area contributed by atoms with Gasteiger partial charge in [-0.15, -0.1) is 0 Å². The van der Waals surface area contributed by atoms with Gasteiger partial charge in [0.15, 0.2) is 0 Å². The molecule has 144 valence electrons. The molecule has 4 heterocycles. The molecule has 0 aliphatic carbocycles. The van der Waals surface area contributed by atoms with E-state index in [-0.39, 0.29) is 11.9 Å². The zero-order valence-corrected chi connectivity index (χ0v) is 15.6. The second-order valence-electron chi connectivity index (χ2n) is 7.46. The number of aromatic nitrogens is 3. The van der Waals surface area contributed by atoms with Gasteiger partial charge in [0.05, 0.1) is 17.3 Å². The minimum atomic E-state index is -0.0707. The molecule has 4 rings (SSSR count). The van der Waals surface area contributed by atoms with Crippen molar-refractivity contribution in [1.82, 2.24) is 25.0 Å². The smallest absolute Gasteiger partial charge is 0.252 e. The summed E-state index contributed by atoms with van der Waals surface area (Å²) in [4.78, 5) is 18.8. The normalized spacial score (nSPS) is 21.0. The van der Waals surface area contributed by atoms with Crippen molar-refractivity contribution < 1.29 is 9.53 Å². The van der Waals surface area contributed by atoms with Gasteiger partial charge in [-0.05, 0) is 43.4 Å². The Labute approximate surface area is 159 Å². The van der Waals surface area contributed by atoms with Gasteiger partial charge in [0.2, 0.25) is 0 Å². The number of carbonyl (C=O) groups excluding carboxylic acids is 1. The van der Waals surface area contributed by atoms with Gasteiger partial charge in [-0.1, -0.05) is 0 Å². The number of hydrogen-bond donors (Lipinski definition) is 1. The molecule has 0 aromatic carbocycles. The third kappa shape index (κ3) is 4.54.